The van der Waals surface area contributed by atoms with Crippen LogP contribution in [0.5, 0.6) is 0 Å². The van der Waals surface area contributed by atoms with Gasteiger partial charge in [-0.25, -0.2) is 0 Å². The molecular formula is C33H37N5O4. The van der Waals surface area contributed by atoms with Crippen molar-refractivity contribution in [1.29, 1.82) is 0 Å². The molecular weight excluding hydrogens is 530 g/mol. The van der Waals surface area contributed by atoms with Crippen LogP contribution in [0.1, 0.15) is 46.9 Å². The van der Waals surface area contributed by atoms with Crippen LogP contribution in [-0.4, -0.2) is 72.7 Å². The molecule has 2 N–H and O–H groups in total. The highest BCUT2D eigenvalue weighted by molar-refractivity contribution is 6.09. The summed E-state index contributed by atoms with van der Waals surface area (Å²) in [4.78, 5) is 57.3. The molecule has 9 nitrogen and oxygen atoms in total. The summed E-state index contributed by atoms with van der Waals surface area (Å²) in [6.07, 6.45) is 2.14. The summed E-state index contributed by atoms with van der Waals surface area (Å²) < 4.78 is 0. The van der Waals surface area contributed by atoms with E-state index >= 15 is 0 Å². The van der Waals surface area contributed by atoms with Crippen LogP contribution in [0.25, 0.3) is 0 Å². The first kappa shape index (κ1) is 28.9. The topological polar surface area (TPSA) is 102 Å². The number of nitrogens with zero attached hydrogens (tertiary/aromatic N) is 3. The highest BCUT2D eigenvalue weighted by atomic mass is 16.2. The van der Waals surface area contributed by atoms with Crippen molar-refractivity contribution < 1.29 is 19.2 Å². The van der Waals surface area contributed by atoms with E-state index in [1.165, 1.54) is 0 Å². The highest BCUT2D eigenvalue weighted by Gasteiger charge is 2.34. The summed E-state index contributed by atoms with van der Waals surface area (Å²) in [7, 11) is 0. The van der Waals surface area contributed by atoms with Crippen molar-refractivity contribution in [1.82, 2.24) is 9.80 Å². The van der Waals surface area contributed by atoms with Gasteiger partial charge < -0.3 is 25.3 Å². The fraction of sp³-hybridized carbons (Fsp3) is 0.333. The van der Waals surface area contributed by atoms with Crippen LogP contribution in [0.4, 0.5) is 17.1 Å². The molecule has 1 atom stereocenters. The lowest BCUT2D eigenvalue weighted by atomic mass is 10.1. The van der Waals surface area contributed by atoms with E-state index in [1.807, 2.05) is 23.1 Å². The van der Waals surface area contributed by atoms with E-state index in [1.54, 1.807) is 53.4 Å². The molecule has 0 saturated carbocycles. The predicted octanol–water partition coefficient (Wildman–Crippen LogP) is 4.49. The van der Waals surface area contributed by atoms with E-state index in [0.717, 1.165) is 31.6 Å². The second-order valence-corrected chi connectivity index (χ2v) is 10.8. The molecule has 2 aliphatic rings. The average molecular weight is 568 g/mol. The minimum Gasteiger partial charge on any atom is -0.368 e. The van der Waals surface area contributed by atoms with E-state index in [0.29, 0.717) is 48.7 Å². The number of carbonyl (C=O) groups excluding carboxylic acids is 4. The SMILES string of the molecule is CCCCN1CC(C(=O)Nc2ccc(C(=O)Nc3ccccc3C(=O)N3CCN(c4ccccc4)CC3)cc2)CC1=O. The quantitative estimate of drug-likeness (QED) is 0.397. The minimum atomic E-state index is -0.382. The molecule has 0 bridgehead atoms. The predicted molar refractivity (Wildman–Crippen MR) is 164 cm³/mol. The number of hydrogen-bond acceptors (Lipinski definition) is 5. The van der Waals surface area contributed by atoms with Crippen molar-refractivity contribution in [3.63, 3.8) is 0 Å². The van der Waals surface area contributed by atoms with Gasteiger partial charge in [-0.3, -0.25) is 19.2 Å². The lowest BCUT2D eigenvalue weighted by molar-refractivity contribution is -0.128. The monoisotopic (exact) mass is 567 g/mol. The molecule has 1 unspecified atom stereocenters. The first-order chi connectivity index (χ1) is 20.4. The molecule has 3 aromatic carbocycles. The number of nitrogens with one attached hydrogen (secondary N) is 2. The molecule has 4 amide bonds. The zero-order valence-corrected chi connectivity index (χ0v) is 23.9. The van der Waals surface area contributed by atoms with E-state index < -0.39 is 0 Å². The number of rotatable bonds is 9. The van der Waals surface area contributed by atoms with Crippen LogP contribution in [0, 0.1) is 5.92 Å². The molecule has 0 spiro atoms. The van der Waals surface area contributed by atoms with E-state index in [9.17, 15) is 19.2 Å². The van der Waals surface area contributed by atoms with Crippen molar-refractivity contribution >= 4 is 40.7 Å². The summed E-state index contributed by atoms with van der Waals surface area (Å²) in [5, 5.41) is 5.75. The second-order valence-electron chi connectivity index (χ2n) is 10.8. The van der Waals surface area contributed by atoms with Crippen LogP contribution in [0.2, 0.25) is 0 Å². The fourth-order valence-electron chi connectivity index (χ4n) is 5.41. The van der Waals surface area contributed by atoms with Crippen molar-refractivity contribution in [2.45, 2.75) is 26.2 Å². The zero-order chi connectivity index (χ0) is 29.5. The number of para-hydroxylation sites is 2. The maximum absolute atomic E-state index is 13.4. The van der Waals surface area contributed by atoms with Gasteiger partial charge in [-0.2, -0.15) is 0 Å². The number of hydrogen-bond donors (Lipinski definition) is 2. The Labute approximate surface area is 246 Å². The molecule has 0 aromatic heterocycles. The van der Waals surface area contributed by atoms with Crippen LogP contribution in [-0.2, 0) is 9.59 Å². The Bertz CT molecular complexity index is 1420. The molecule has 2 fully saturated rings. The van der Waals surface area contributed by atoms with Gasteiger partial charge in [0.05, 0.1) is 17.2 Å². The lowest BCUT2D eigenvalue weighted by Gasteiger charge is -2.36. The van der Waals surface area contributed by atoms with Gasteiger partial charge in [0.1, 0.15) is 0 Å². The Morgan fingerprint density at radius 2 is 1.52 bits per heavy atom. The normalized spacial score (nSPS) is 16.8. The molecule has 42 heavy (non-hydrogen) atoms. The number of carbonyl (C=O) groups is 4. The third-order valence-corrected chi connectivity index (χ3v) is 7.88. The molecule has 2 aliphatic heterocycles. The largest absolute Gasteiger partial charge is 0.368 e. The highest BCUT2D eigenvalue weighted by Crippen LogP contribution is 2.23. The summed E-state index contributed by atoms with van der Waals surface area (Å²) in [6, 6.07) is 23.8. The van der Waals surface area contributed by atoms with Gasteiger partial charge in [0.15, 0.2) is 0 Å². The minimum absolute atomic E-state index is 0.0174. The molecule has 5 rings (SSSR count). The molecule has 0 radical (unpaired) electrons. The molecule has 0 aliphatic carbocycles. The smallest absolute Gasteiger partial charge is 0.256 e. The molecule has 9 heteroatoms. The van der Waals surface area contributed by atoms with Gasteiger partial charge >= 0.3 is 0 Å². The standard InChI is InChI=1S/C33H37N5O4/c1-2-3-17-38-23-25(22-30(38)39)32(41)34-26-15-13-24(14-16-26)31(40)35-29-12-8-7-11-28(29)33(42)37-20-18-36(19-21-37)27-9-5-4-6-10-27/h4-16,25H,2-3,17-23H2,1H3,(H,34,41)(H,35,40). The van der Waals surface area contributed by atoms with Gasteiger partial charge in [0, 0.05) is 62.6 Å². The molecule has 218 valence electrons. The van der Waals surface area contributed by atoms with E-state index in [2.05, 4.69) is 34.6 Å². The third kappa shape index (κ3) is 6.79. The van der Waals surface area contributed by atoms with Gasteiger partial charge in [0.25, 0.3) is 11.8 Å². The summed E-state index contributed by atoms with van der Waals surface area (Å²) in [6.45, 7) is 5.85. The maximum atomic E-state index is 13.4. The Hall–Kier alpha value is -4.66. The summed E-state index contributed by atoms with van der Waals surface area (Å²) in [5.74, 6) is -1.03. The van der Waals surface area contributed by atoms with Gasteiger partial charge in [-0.1, -0.05) is 43.7 Å². The average Bonchev–Trinajstić information content (AvgIpc) is 3.41. The first-order valence-electron chi connectivity index (χ1n) is 14.6. The number of unbranched alkanes of at least 4 members (excludes halogenated alkanes) is 1. The second kappa shape index (κ2) is 13.3. The third-order valence-electron chi connectivity index (χ3n) is 7.88. The molecule has 2 heterocycles. The number of likely N-dealkylation sites (tertiary alicyclic amines) is 1. The van der Waals surface area contributed by atoms with Crippen LogP contribution >= 0.6 is 0 Å². The van der Waals surface area contributed by atoms with Crippen molar-refractivity contribution in [2.24, 2.45) is 5.92 Å². The van der Waals surface area contributed by atoms with Crippen molar-refractivity contribution in [3.05, 3.63) is 90.0 Å². The summed E-state index contributed by atoms with van der Waals surface area (Å²) in [5.41, 5.74) is 3.00. The lowest BCUT2D eigenvalue weighted by Crippen LogP contribution is -2.48. The van der Waals surface area contributed by atoms with Gasteiger partial charge in [-0.05, 0) is 55.0 Å². The summed E-state index contributed by atoms with van der Waals surface area (Å²) >= 11 is 0. The van der Waals surface area contributed by atoms with Gasteiger partial charge in [0.2, 0.25) is 11.8 Å². The molecule has 3 aromatic rings. The van der Waals surface area contributed by atoms with Gasteiger partial charge in [-0.15, -0.1) is 0 Å². The van der Waals surface area contributed by atoms with Crippen molar-refractivity contribution in [2.75, 3.05) is 54.8 Å². The maximum Gasteiger partial charge on any atom is 0.256 e. The Morgan fingerprint density at radius 1 is 0.833 bits per heavy atom. The number of benzene rings is 3. The van der Waals surface area contributed by atoms with E-state index in [-0.39, 0.29) is 36.0 Å². The van der Waals surface area contributed by atoms with E-state index in [4.69, 9.17) is 0 Å². The Morgan fingerprint density at radius 3 is 2.24 bits per heavy atom. The number of anilines is 3. The van der Waals surface area contributed by atoms with Crippen LogP contribution in [0.3, 0.4) is 0 Å². The van der Waals surface area contributed by atoms with Crippen LogP contribution < -0.4 is 15.5 Å². The Balaban J connectivity index is 1.16. The number of amides is 4. The van der Waals surface area contributed by atoms with Crippen molar-refractivity contribution in [3.8, 4) is 0 Å². The fourth-order valence-corrected chi connectivity index (χ4v) is 5.41. The first-order valence-corrected chi connectivity index (χ1v) is 14.6. The Kier molecular flexibility index (Phi) is 9.16. The zero-order valence-electron chi connectivity index (χ0n) is 23.9. The molecule has 2 saturated heterocycles. The number of piperazine rings is 1. The van der Waals surface area contributed by atoms with Crippen LogP contribution in [0.15, 0.2) is 78.9 Å².